The molecule has 1 fully saturated rings. The molecule has 176 valence electrons. The number of rotatable bonds is 5. The molecule has 1 aliphatic carbocycles. The third-order valence-electron chi connectivity index (χ3n) is 5.16. The van der Waals surface area contributed by atoms with Crippen LogP contribution >= 0.6 is 34.8 Å². The zero-order valence-corrected chi connectivity index (χ0v) is 19.4. The van der Waals surface area contributed by atoms with Gasteiger partial charge in [0, 0.05) is 17.1 Å². The monoisotopic (exact) mass is 521 g/mol. The van der Waals surface area contributed by atoms with Crippen molar-refractivity contribution in [3.63, 3.8) is 0 Å². The van der Waals surface area contributed by atoms with E-state index < -0.39 is 34.1 Å². The summed E-state index contributed by atoms with van der Waals surface area (Å²) >= 11 is 17.9. The van der Waals surface area contributed by atoms with Crippen LogP contribution in [-0.2, 0) is 9.59 Å². The van der Waals surface area contributed by atoms with Gasteiger partial charge in [-0.3, -0.25) is 14.4 Å². The van der Waals surface area contributed by atoms with Gasteiger partial charge in [-0.15, -0.1) is 23.2 Å². The summed E-state index contributed by atoms with van der Waals surface area (Å²) in [6.07, 6.45) is -4.71. The second-order valence-electron chi connectivity index (χ2n) is 7.52. The molecule has 0 radical (unpaired) electrons. The number of carbonyl (C=O) groups excluding carboxylic acids is 3. The van der Waals surface area contributed by atoms with Gasteiger partial charge < -0.3 is 16.0 Å². The van der Waals surface area contributed by atoms with Crippen molar-refractivity contribution in [1.82, 2.24) is 0 Å². The molecule has 0 aliphatic heterocycles. The van der Waals surface area contributed by atoms with Crippen molar-refractivity contribution in [2.24, 2.45) is 5.92 Å². The second kappa shape index (κ2) is 9.04. The highest BCUT2D eigenvalue weighted by Gasteiger charge is 2.56. The van der Waals surface area contributed by atoms with Gasteiger partial charge in [0.1, 0.15) is 4.33 Å². The first-order chi connectivity index (χ1) is 15.2. The number of nitrogens with one attached hydrogen (secondary N) is 3. The zero-order chi connectivity index (χ0) is 24.7. The number of alkyl halides is 5. The Balaban J connectivity index is 1.76. The lowest BCUT2D eigenvalue weighted by molar-refractivity contribution is -0.167. The quantitative estimate of drug-likeness (QED) is 0.431. The van der Waals surface area contributed by atoms with E-state index in [1.807, 2.05) is 0 Å². The van der Waals surface area contributed by atoms with Crippen LogP contribution in [-0.4, -0.2) is 28.2 Å². The number of hydrogen-bond acceptors (Lipinski definition) is 3. The van der Waals surface area contributed by atoms with E-state index in [9.17, 15) is 27.6 Å². The minimum atomic E-state index is -5.03. The molecular formula is C21H17Cl3F3N3O3. The smallest absolute Gasteiger partial charge is 0.326 e. The molecule has 2 aromatic carbocycles. The second-order valence-corrected chi connectivity index (χ2v) is 9.47. The number of halogens is 6. The van der Waals surface area contributed by atoms with E-state index >= 15 is 0 Å². The third kappa shape index (κ3) is 5.72. The average Bonchev–Trinajstić information content (AvgIpc) is 3.36. The minimum absolute atomic E-state index is 0.0368. The van der Waals surface area contributed by atoms with Crippen LogP contribution in [0.2, 0.25) is 5.02 Å². The standard InChI is InChI=1S/C21H17Cl3F3N3O3/c1-9-10(2)16(30-19(33)21(25,26)27)6-5-15(9)29-17(31)12-7-11(3-4-14(12)22)28-18(32)13-8-20(13,23)24/h3-7,13H,8H2,1-2H3,(H,28,32)(H,29,31)(H,30,33)/t13-/m1/s1. The van der Waals surface area contributed by atoms with Gasteiger partial charge in [0.15, 0.2) is 0 Å². The summed E-state index contributed by atoms with van der Waals surface area (Å²) in [7, 11) is 0. The van der Waals surface area contributed by atoms with Gasteiger partial charge in [-0.25, -0.2) is 0 Å². The van der Waals surface area contributed by atoms with Crippen molar-refractivity contribution in [2.45, 2.75) is 30.8 Å². The Morgan fingerprint density at radius 3 is 2.03 bits per heavy atom. The Morgan fingerprint density at radius 1 is 0.970 bits per heavy atom. The van der Waals surface area contributed by atoms with Gasteiger partial charge in [-0.05, 0) is 61.7 Å². The van der Waals surface area contributed by atoms with Crippen LogP contribution in [0.25, 0.3) is 0 Å². The van der Waals surface area contributed by atoms with Crippen molar-refractivity contribution in [3.05, 3.63) is 52.0 Å². The third-order valence-corrected chi connectivity index (χ3v) is 6.33. The predicted molar refractivity (Wildman–Crippen MR) is 121 cm³/mol. The van der Waals surface area contributed by atoms with Crippen LogP contribution in [0.4, 0.5) is 30.2 Å². The Hall–Kier alpha value is -2.49. The minimum Gasteiger partial charge on any atom is -0.326 e. The van der Waals surface area contributed by atoms with Crippen molar-refractivity contribution < 1.29 is 27.6 Å². The highest BCUT2D eigenvalue weighted by molar-refractivity contribution is 6.52. The maximum Gasteiger partial charge on any atom is 0.471 e. The van der Waals surface area contributed by atoms with Crippen LogP contribution in [0, 0.1) is 19.8 Å². The first-order valence-corrected chi connectivity index (χ1v) is 10.6. The average molecular weight is 523 g/mol. The summed E-state index contributed by atoms with van der Waals surface area (Å²) in [4.78, 5) is 36.2. The van der Waals surface area contributed by atoms with Crippen molar-refractivity contribution in [2.75, 3.05) is 16.0 Å². The molecule has 1 saturated carbocycles. The fraction of sp³-hybridized carbons (Fsp3) is 0.286. The topological polar surface area (TPSA) is 87.3 Å². The molecule has 0 bridgehead atoms. The Labute approximate surface area is 201 Å². The van der Waals surface area contributed by atoms with Crippen LogP contribution in [0.15, 0.2) is 30.3 Å². The van der Waals surface area contributed by atoms with Gasteiger partial charge in [-0.1, -0.05) is 11.6 Å². The molecule has 1 atom stereocenters. The molecule has 33 heavy (non-hydrogen) atoms. The van der Waals surface area contributed by atoms with Gasteiger partial charge in [0.25, 0.3) is 5.91 Å². The Morgan fingerprint density at radius 2 is 1.52 bits per heavy atom. The molecular weight excluding hydrogens is 506 g/mol. The van der Waals surface area contributed by atoms with Gasteiger partial charge in [-0.2, -0.15) is 13.2 Å². The van der Waals surface area contributed by atoms with E-state index in [0.29, 0.717) is 28.9 Å². The van der Waals surface area contributed by atoms with Gasteiger partial charge in [0.2, 0.25) is 5.91 Å². The van der Waals surface area contributed by atoms with E-state index in [0.717, 1.165) is 0 Å². The molecule has 12 heteroatoms. The number of hydrogen-bond donors (Lipinski definition) is 3. The largest absolute Gasteiger partial charge is 0.471 e. The molecule has 0 spiro atoms. The molecule has 3 rings (SSSR count). The van der Waals surface area contributed by atoms with E-state index in [1.165, 1.54) is 37.3 Å². The van der Waals surface area contributed by atoms with Crippen molar-refractivity contribution >= 4 is 69.6 Å². The maximum atomic E-state index is 12.8. The predicted octanol–water partition coefficient (Wildman–Crippen LogP) is 5.84. The number of amides is 3. The lowest BCUT2D eigenvalue weighted by Gasteiger charge is -2.16. The van der Waals surface area contributed by atoms with Gasteiger partial charge >= 0.3 is 12.1 Å². The van der Waals surface area contributed by atoms with Crippen molar-refractivity contribution in [1.29, 1.82) is 0 Å². The lowest BCUT2D eigenvalue weighted by Crippen LogP contribution is -2.30. The molecule has 6 nitrogen and oxygen atoms in total. The van der Waals surface area contributed by atoms with E-state index in [1.54, 1.807) is 12.2 Å². The molecule has 0 saturated heterocycles. The summed E-state index contributed by atoms with van der Waals surface area (Å²) < 4.78 is 36.5. The van der Waals surface area contributed by atoms with E-state index in [4.69, 9.17) is 34.8 Å². The molecule has 0 unspecified atom stereocenters. The fourth-order valence-corrected chi connectivity index (χ4v) is 3.69. The highest BCUT2D eigenvalue weighted by atomic mass is 35.5. The molecule has 3 amide bonds. The van der Waals surface area contributed by atoms with Crippen LogP contribution < -0.4 is 16.0 Å². The van der Waals surface area contributed by atoms with Gasteiger partial charge in [0.05, 0.1) is 16.5 Å². The summed E-state index contributed by atoms with van der Waals surface area (Å²) in [6, 6.07) is 6.93. The molecule has 0 heterocycles. The summed E-state index contributed by atoms with van der Waals surface area (Å²) in [5.41, 5.74) is 1.42. The maximum absolute atomic E-state index is 12.8. The summed E-state index contributed by atoms with van der Waals surface area (Å²) in [6.45, 7) is 3.08. The number of carbonyl (C=O) groups is 3. The molecule has 3 N–H and O–H groups in total. The SMILES string of the molecule is Cc1c(NC(=O)c2cc(NC(=O)[C@H]3CC3(Cl)Cl)ccc2Cl)ccc(NC(=O)C(F)(F)F)c1C. The first-order valence-electron chi connectivity index (χ1n) is 9.48. The number of anilines is 3. The van der Waals surface area contributed by atoms with Crippen LogP contribution in [0.5, 0.6) is 0 Å². The summed E-state index contributed by atoms with van der Waals surface area (Å²) in [5.74, 6) is -3.66. The summed E-state index contributed by atoms with van der Waals surface area (Å²) in [5, 5.41) is 7.18. The highest BCUT2D eigenvalue weighted by Crippen LogP contribution is 2.53. The normalized spacial score (nSPS) is 16.7. The van der Waals surface area contributed by atoms with Crippen LogP contribution in [0.3, 0.4) is 0 Å². The first kappa shape index (κ1) is 25.1. The zero-order valence-electron chi connectivity index (χ0n) is 17.2. The number of benzene rings is 2. The van der Waals surface area contributed by atoms with E-state index in [-0.39, 0.29) is 16.3 Å². The molecule has 0 aromatic heterocycles. The molecule has 1 aliphatic rings. The van der Waals surface area contributed by atoms with Crippen molar-refractivity contribution in [3.8, 4) is 0 Å². The molecule has 2 aromatic rings. The Bertz CT molecular complexity index is 1150. The van der Waals surface area contributed by atoms with Crippen LogP contribution in [0.1, 0.15) is 27.9 Å². The fourth-order valence-electron chi connectivity index (χ4n) is 2.98. The Kier molecular flexibility index (Phi) is 6.89. The van der Waals surface area contributed by atoms with E-state index in [2.05, 4.69) is 10.6 Å². The lowest BCUT2D eigenvalue weighted by atomic mass is 10.0.